The molecule has 0 N–H and O–H groups in total. The van der Waals surface area contributed by atoms with E-state index in [1.807, 2.05) is 29.5 Å². The minimum atomic E-state index is -0.822. The molecule has 6 heavy (non-hydrogen) atoms. The fourth-order valence-corrected chi connectivity index (χ4v) is 1.01. The molecule has 36 valence electrons. The maximum Gasteiger partial charge on any atom is 0.164 e. The molecule has 1 saturated carbocycles. The molecule has 2 atom stereocenters. The van der Waals surface area contributed by atoms with E-state index < -0.39 is 3.68 Å². The molecular weight excluding hydrogens is 194 g/mol. The Balaban J connectivity index is 2.41. The zero-order valence-electron chi connectivity index (χ0n) is 3.54. The van der Waals surface area contributed by atoms with Crippen LogP contribution in [0.2, 0.25) is 0 Å². The molecule has 0 aliphatic heterocycles. The van der Waals surface area contributed by atoms with Gasteiger partial charge in [-0.05, 0) is 29.0 Å². The zero-order valence-corrected chi connectivity index (χ0v) is 5.70. The minimum absolute atomic E-state index is 0.318. The molecule has 1 fully saturated rings. The number of rotatable bonds is 0. The Morgan fingerprint density at radius 3 is 2.17 bits per heavy atom. The van der Waals surface area contributed by atoms with Gasteiger partial charge in [0.25, 0.3) is 0 Å². The van der Waals surface area contributed by atoms with Crippen molar-refractivity contribution in [2.75, 3.05) is 0 Å². The topological polar surface area (TPSA) is 0 Å². The van der Waals surface area contributed by atoms with Crippen molar-refractivity contribution in [2.45, 2.75) is 17.0 Å². The first kappa shape index (κ1) is 4.81. The van der Waals surface area contributed by atoms with Crippen LogP contribution < -0.4 is 0 Å². The predicted octanol–water partition coefficient (Wildman–Crippen LogP) is 2.13. The third kappa shape index (κ3) is 0.669. The molecule has 0 bridgehead atoms. The maximum atomic E-state index is 12.2. The summed E-state index contributed by atoms with van der Waals surface area (Å²) in [6, 6.07) is 0. The normalized spacial score (nSPS) is 55.5. The van der Waals surface area contributed by atoms with Crippen LogP contribution in [-0.2, 0) is 0 Å². The van der Waals surface area contributed by atoms with Crippen LogP contribution in [0.4, 0.5) is 4.39 Å². The molecular formula is C4H6FI. The van der Waals surface area contributed by atoms with E-state index in [4.69, 9.17) is 0 Å². The van der Waals surface area contributed by atoms with Gasteiger partial charge in [-0.3, -0.25) is 0 Å². The van der Waals surface area contributed by atoms with E-state index in [0.717, 1.165) is 6.42 Å². The second kappa shape index (κ2) is 1.08. The lowest BCUT2D eigenvalue weighted by atomic mass is 10.5. The van der Waals surface area contributed by atoms with E-state index in [1.54, 1.807) is 0 Å². The van der Waals surface area contributed by atoms with Crippen LogP contribution in [0.25, 0.3) is 0 Å². The van der Waals surface area contributed by atoms with Crippen LogP contribution in [0.1, 0.15) is 13.3 Å². The lowest BCUT2D eigenvalue weighted by Gasteiger charge is -1.84. The molecule has 0 nitrogen and oxygen atoms in total. The van der Waals surface area contributed by atoms with Gasteiger partial charge >= 0.3 is 0 Å². The minimum Gasteiger partial charge on any atom is -0.232 e. The number of hydrogen-bond acceptors (Lipinski definition) is 0. The van der Waals surface area contributed by atoms with E-state index in [2.05, 4.69) is 0 Å². The second-order valence-corrected chi connectivity index (χ2v) is 3.66. The number of hydrogen-bond donors (Lipinski definition) is 0. The van der Waals surface area contributed by atoms with E-state index >= 15 is 0 Å². The molecule has 1 aliphatic carbocycles. The fourth-order valence-electron chi connectivity index (χ4n) is 0.349. The number of alkyl halides is 2. The largest absolute Gasteiger partial charge is 0.232 e. The molecule has 0 aromatic rings. The standard InChI is InChI=1S/C4H6FI/c1-3-2-4(3,5)6/h3H,2H2,1H3. The SMILES string of the molecule is CC1CC1(F)I. The Hall–Kier alpha value is 0.660. The van der Waals surface area contributed by atoms with Crippen molar-refractivity contribution < 1.29 is 4.39 Å². The average molecular weight is 200 g/mol. The van der Waals surface area contributed by atoms with Crippen LogP contribution in [0.15, 0.2) is 0 Å². The van der Waals surface area contributed by atoms with Crippen molar-refractivity contribution in [3.05, 3.63) is 0 Å². The lowest BCUT2D eigenvalue weighted by Crippen LogP contribution is -1.82. The monoisotopic (exact) mass is 200 g/mol. The third-order valence-corrected chi connectivity index (χ3v) is 2.64. The van der Waals surface area contributed by atoms with Gasteiger partial charge in [0.2, 0.25) is 0 Å². The van der Waals surface area contributed by atoms with Gasteiger partial charge in [0.05, 0.1) is 0 Å². The summed E-state index contributed by atoms with van der Waals surface area (Å²) in [4.78, 5) is 0. The van der Waals surface area contributed by atoms with E-state index in [-0.39, 0.29) is 0 Å². The molecule has 1 aliphatic rings. The summed E-state index contributed by atoms with van der Waals surface area (Å²) in [5.41, 5.74) is 0. The van der Waals surface area contributed by atoms with Crippen LogP contribution >= 0.6 is 22.6 Å². The molecule has 0 saturated heterocycles. The van der Waals surface area contributed by atoms with Crippen LogP contribution in [0, 0.1) is 5.92 Å². The van der Waals surface area contributed by atoms with E-state index in [0.29, 0.717) is 5.92 Å². The van der Waals surface area contributed by atoms with E-state index in [9.17, 15) is 4.39 Å². The molecule has 0 heterocycles. The molecule has 1 rings (SSSR count). The quantitative estimate of drug-likeness (QED) is 0.415. The highest BCUT2D eigenvalue weighted by Crippen LogP contribution is 2.52. The fraction of sp³-hybridized carbons (Fsp3) is 1.00. The smallest absolute Gasteiger partial charge is 0.164 e. The summed E-state index contributed by atoms with van der Waals surface area (Å²) < 4.78 is 11.4. The summed E-state index contributed by atoms with van der Waals surface area (Å²) in [5, 5.41) is 0. The van der Waals surface area contributed by atoms with Crippen molar-refractivity contribution in [1.29, 1.82) is 0 Å². The van der Waals surface area contributed by atoms with Gasteiger partial charge in [0, 0.05) is 5.92 Å². The van der Waals surface area contributed by atoms with Gasteiger partial charge in [0.1, 0.15) is 0 Å². The highest BCUT2D eigenvalue weighted by molar-refractivity contribution is 14.1. The van der Waals surface area contributed by atoms with Crippen molar-refractivity contribution in [3.63, 3.8) is 0 Å². The third-order valence-electron chi connectivity index (χ3n) is 1.14. The second-order valence-electron chi connectivity index (χ2n) is 1.87. The van der Waals surface area contributed by atoms with Gasteiger partial charge in [-0.1, -0.05) is 6.92 Å². The zero-order chi connectivity index (χ0) is 4.78. The Kier molecular flexibility index (Phi) is 0.867. The first-order chi connectivity index (χ1) is 2.63. The molecule has 2 unspecified atom stereocenters. The van der Waals surface area contributed by atoms with Crippen molar-refractivity contribution in [1.82, 2.24) is 0 Å². The molecule has 0 aromatic heterocycles. The van der Waals surface area contributed by atoms with Crippen LogP contribution in [-0.4, -0.2) is 3.68 Å². The van der Waals surface area contributed by atoms with Crippen LogP contribution in [0.5, 0.6) is 0 Å². The van der Waals surface area contributed by atoms with Crippen molar-refractivity contribution in [3.8, 4) is 0 Å². The summed E-state index contributed by atoms with van der Waals surface area (Å²) in [6.45, 7) is 1.92. The Morgan fingerprint density at radius 2 is 2.17 bits per heavy atom. The Bertz CT molecular complexity index is 69.9. The van der Waals surface area contributed by atoms with Crippen molar-refractivity contribution in [2.24, 2.45) is 5.92 Å². The first-order valence-electron chi connectivity index (χ1n) is 2.01. The lowest BCUT2D eigenvalue weighted by molar-refractivity contribution is 0.434. The summed E-state index contributed by atoms with van der Waals surface area (Å²) in [6.07, 6.45) is 0.758. The van der Waals surface area contributed by atoms with Gasteiger partial charge in [-0.15, -0.1) is 0 Å². The molecule has 0 amide bonds. The van der Waals surface area contributed by atoms with Crippen molar-refractivity contribution >= 4 is 22.6 Å². The maximum absolute atomic E-state index is 12.2. The van der Waals surface area contributed by atoms with Gasteiger partial charge in [0.15, 0.2) is 3.68 Å². The predicted molar refractivity (Wildman–Crippen MR) is 31.6 cm³/mol. The van der Waals surface area contributed by atoms with Gasteiger partial charge < -0.3 is 0 Å². The highest BCUT2D eigenvalue weighted by Gasteiger charge is 2.49. The summed E-state index contributed by atoms with van der Waals surface area (Å²) in [5.74, 6) is 0.318. The highest BCUT2D eigenvalue weighted by atomic mass is 127. The Morgan fingerprint density at radius 1 is 2.00 bits per heavy atom. The molecule has 0 radical (unpaired) electrons. The van der Waals surface area contributed by atoms with Gasteiger partial charge in [-0.2, -0.15) is 0 Å². The summed E-state index contributed by atoms with van der Waals surface area (Å²) in [7, 11) is 0. The first-order valence-corrected chi connectivity index (χ1v) is 3.08. The average Bonchev–Trinajstić information content (AvgIpc) is 1.73. The number of halogens is 2. The molecule has 2 heteroatoms. The molecule has 0 spiro atoms. The summed E-state index contributed by atoms with van der Waals surface area (Å²) >= 11 is 1.85. The van der Waals surface area contributed by atoms with Gasteiger partial charge in [-0.25, -0.2) is 4.39 Å². The van der Waals surface area contributed by atoms with Crippen LogP contribution in [0.3, 0.4) is 0 Å². The molecule has 0 aromatic carbocycles. The van der Waals surface area contributed by atoms with E-state index in [1.165, 1.54) is 0 Å². The Labute approximate surface area is 50.3 Å².